The first-order chi connectivity index (χ1) is 11.6. The van der Waals surface area contributed by atoms with Crippen LogP contribution >= 0.6 is 0 Å². The van der Waals surface area contributed by atoms with E-state index in [1.54, 1.807) is 23.1 Å². The van der Waals surface area contributed by atoms with Gasteiger partial charge in [0.25, 0.3) is 0 Å². The second-order valence-corrected chi connectivity index (χ2v) is 5.79. The highest BCUT2D eigenvalue weighted by Gasteiger charge is 2.25. The van der Waals surface area contributed by atoms with Crippen LogP contribution in [0.3, 0.4) is 0 Å². The Kier molecular flexibility index (Phi) is 4.91. The molecule has 1 N–H and O–H groups in total. The molecule has 1 heterocycles. The van der Waals surface area contributed by atoms with Crippen LogP contribution in [0.5, 0.6) is 0 Å². The molecule has 3 rings (SSSR count). The molecule has 0 spiro atoms. The fourth-order valence-electron chi connectivity index (χ4n) is 2.85. The van der Waals surface area contributed by atoms with Crippen LogP contribution in [0.1, 0.15) is 27.6 Å². The zero-order valence-corrected chi connectivity index (χ0v) is 13.2. The van der Waals surface area contributed by atoms with Gasteiger partial charge in [-0.25, -0.2) is 4.79 Å². The number of hydrogen-bond acceptors (Lipinski definition) is 3. The van der Waals surface area contributed by atoms with E-state index in [0.717, 1.165) is 5.56 Å². The van der Waals surface area contributed by atoms with Gasteiger partial charge in [-0.1, -0.05) is 42.5 Å². The van der Waals surface area contributed by atoms with Gasteiger partial charge < -0.3 is 14.7 Å². The van der Waals surface area contributed by atoms with Crippen molar-refractivity contribution in [2.45, 2.75) is 12.5 Å². The standard InChI is InChI=1S/C19H19NO4/c21-18(12-14-5-4-8-16(11-14)19(22)23)20-9-10-24-17(13-20)15-6-2-1-3-7-15/h1-8,11,17H,9-10,12-13H2,(H,22,23). The fourth-order valence-corrected chi connectivity index (χ4v) is 2.85. The van der Waals surface area contributed by atoms with E-state index in [4.69, 9.17) is 9.84 Å². The van der Waals surface area contributed by atoms with Gasteiger partial charge >= 0.3 is 5.97 Å². The summed E-state index contributed by atoms with van der Waals surface area (Å²) in [7, 11) is 0. The van der Waals surface area contributed by atoms with E-state index < -0.39 is 5.97 Å². The molecule has 5 heteroatoms. The van der Waals surface area contributed by atoms with Gasteiger partial charge in [0.15, 0.2) is 0 Å². The zero-order valence-electron chi connectivity index (χ0n) is 13.2. The first kappa shape index (κ1) is 16.2. The van der Waals surface area contributed by atoms with Crippen LogP contribution in [0, 0.1) is 0 Å². The van der Waals surface area contributed by atoms with E-state index in [1.165, 1.54) is 6.07 Å². The number of carboxylic acid groups (broad SMARTS) is 1. The predicted octanol–water partition coefficient (Wildman–Crippen LogP) is 2.53. The first-order valence-corrected chi connectivity index (χ1v) is 7.90. The molecule has 1 aliphatic rings. The molecule has 24 heavy (non-hydrogen) atoms. The number of ether oxygens (including phenoxy) is 1. The maximum absolute atomic E-state index is 12.5. The Morgan fingerprint density at radius 2 is 1.92 bits per heavy atom. The molecule has 0 bridgehead atoms. The van der Waals surface area contributed by atoms with Crippen molar-refractivity contribution in [1.82, 2.24) is 4.90 Å². The normalized spacial score (nSPS) is 17.5. The maximum atomic E-state index is 12.5. The van der Waals surface area contributed by atoms with E-state index in [-0.39, 0.29) is 24.0 Å². The molecule has 1 saturated heterocycles. The largest absolute Gasteiger partial charge is 0.478 e. The monoisotopic (exact) mass is 325 g/mol. The second kappa shape index (κ2) is 7.27. The fraction of sp³-hybridized carbons (Fsp3) is 0.263. The summed E-state index contributed by atoms with van der Waals surface area (Å²) >= 11 is 0. The van der Waals surface area contributed by atoms with Gasteiger partial charge in [-0.3, -0.25) is 4.79 Å². The lowest BCUT2D eigenvalue weighted by molar-refractivity contribution is -0.138. The molecule has 1 atom stereocenters. The molecule has 0 radical (unpaired) electrons. The highest BCUT2D eigenvalue weighted by molar-refractivity contribution is 5.88. The third-order valence-corrected chi connectivity index (χ3v) is 4.12. The van der Waals surface area contributed by atoms with E-state index in [2.05, 4.69) is 0 Å². The van der Waals surface area contributed by atoms with Crippen molar-refractivity contribution in [3.8, 4) is 0 Å². The van der Waals surface area contributed by atoms with E-state index >= 15 is 0 Å². The van der Waals surface area contributed by atoms with Crippen molar-refractivity contribution in [3.63, 3.8) is 0 Å². The highest BCUT2D eigenvalue weighted by Crippen LogP contribution is 2.22. The summed E-state index contributed by atoms with van der Waals surface area (Å²) in [5, 5.41) is 9.04. The third-order valence-electron chi connectivity index (χ3n) is 4.12. The maximum Gasteiger partial charge on any atom is 0.335 e. The topological polar surface area (TPSA) is 66.8 Å². The number of hydrogen-bond donors (Lipinski definition) is 1. The highest BCUT2D eigenvalue weighted by atomic mass is 16.5. The van der Waals surface area contributed by atoms with Crippen molar-refractivity contribution in [1.29, 1.82) is 0 Å². The molecule has 2 aromatic carbocycles. The van der Waals surface area contributed by atoms with Crippen LogP contribution in [0.15, 0.2) is 54.6 Å². The minimum Gasteiger partial charge on any atom is -0.478 e. The van der Waals surface area contributed by atoms with Gasteiger partial charge in [0.05, 0.1) is 25.1 Å². The van der Waals surface area contributed by atoms with E-state index in [9.17, 15) is 9.59 Å². The van der Waals surface area contributed by atoms with Gasteiger partial charge in [-0.2, -0.15) is 0 Å². The summed E-state index contributed by atoms with van der Waals surface area (Å²) in [5.74, 6) is -0.999. The SMILES string of the molecule is O=C(O)c1cccc(CC(=O)N2CCOC(c3ccccc3)C2)c1. The smallest absolute Gasteiger partial charge is 0.335 e. The van der Waals surface area contributed by atoms with Gasteiger partial charge in [-0.15, -0.1) is 0 Å². The van der Waals surface area contributed by atoms with Crippen molar-refractivity contribution in [2.75, 3.05) is 19.7 Å². The van der Waals surface area contributed by atoms with E-state index in [0.29, 0.717) is 25.3 Å². The lowest BCUT2D eigenvalue weighted by atomic mass is 10.1. The average Bonchev–Trinajstić information content (AvgIpc) is 2.63. The first-order valence-electron chi connectivity index (χ1n) is 7.90. The summed E-state index contributed by atoms with van der Waals surface area (Å²) in [6, 6.07) is 16.4. The minimum atomic E-state index is -0.986. The number of amides is 1. The Morgan fingerprint density at radius 3 is 2.67 bits per heavy atom. The van der Waals surface area contributed by atoms with Crippen molar-refractivity contribution < 1.29 is 19.4 Å². The Hall–Kier alpha value is -2.66. The molecule has 0 saturated carbocycles. The van der Waals surface area contributed by atoms with Crippen molar-refractivity contribution >= 4 is 11.9 Å². The van der Waals surface area contributed by atoms with Crippen LogP contribution in [0.4, 0.5) is 0 Å². The Bertz CT molecular complexity index is 729. The number of carbonyl (C=O) groups is 2. The molecule has 1 aliphatic heterocycles. The lowest BCUT2D eigenvalue weighted by Gasteiger charge is -2.33. The van der Waals surface area contributed by atoms with Gasteiger partial charge in [0, 0.05) is 6.54 Å². The number of aromatic carboxylic acids is 1. The minimum absolute atomic E-state index is 0.0123. The van der Waals surface area contributed by atoms with Gasteiger partial charge in [0.2, 0.25) is 5.91 Å². The van der Waals surface area contributed by atoms with Gasteiger partial charge in [0.1, 0.15) is 6.10 Å². The zero-order chi connectivity index (χ0) is 16.9. The lowest BCUT2D eigenvalue weighted by Crippen LogP contribution is -2.43. The van der Waals surface area contributed by atoms with Crippen LogP contribution in [-0.2, 0) is 16.0 Å². The summed E-state index contributed by atoms with van der Waals surface area (Å²) in [5.41, 5.74) is 1.97. The number of rotatable bonds is 4. The Morgan fingerprint density at radius 1 is 1.12 bits per heavy atom. The molecular weight excluding hydrogens is 306 g/mol. The number of carbonyl (C=O) groups excluding carboxylic acids is 1. The summed E-state index contributed by atoms with van der Waals surface area (Å²) in [4.78, 5) is 25.4. The van der Waals surface area contributed by atoms with Crippen LogP contribution in [0.25, 0.3) is 0 Å². The Balaban J connectivity index is 1.66. The average molecular weight is 325 g/mol. The predicted molar refractivity (Wildman–Crippen MR) is 88.8 cm³/mol. The van der Waals surface area contributed by atoms with Crippen molar-refractivity contribution in [2.24, 2.45) is 0 Å². The molecule has 0 aliphatic carbocycles. The molecule has 0 aromatic heterocycles. The van der Waals surface area contributed by atoms with Crippen LogP contribution in [0.2, 0.25) is 0 Å². The quantitative estimate of drug-likeness (QED) is 0.938. The summed E-state index contributed by atoms with van der Waals surface area (Å²) in [6.45, 7) is 1.57. The van der Waals surface area contributed by atoms with Gasteiger partial charge in [-0.05, 0) is 23.3 Å². The number of carboxylic acids is 1. The molecule has 1 unspecified atom stereocenters. The van der Waals surface area contributed by atoms with Crippen molar-refractivity contribution in [3.05, 3.63) is 71.3 Å². The number of nitrogens with zero attached hydrogens (tertiary/aromatic N) is 1. The molecule has 124 valence electrons. The number of benzene rings is 2. The molecule has 2 aromatic rings. The molecule has 1 fully saturated rings. The van der Waals surface area contributed by atoms with Crippen LogP contribution < -0.4 is 0 Å². The summed E-state index contributed by atoms with van der Waals surface area (Å²) in [6.07, 6.45) is 0.0806. The Labute approximate surface area is 140 Å². The van der Waals surface area contributed by atoms with E-state index in [1.807, 2.05) is 30.3 Å². The second-order valence-electron chi connectivity index (χ2n) is 5.79. The third kappa shape index (κ3) is 3.81. The van der Waals surface area contributed by atoms with Crippen LogP contribution in [-0.4, -0.2) is 41.6 Å². The molecule has 5 nitrogen and oxygen atoms in total. The number of morpholine rings is 1. The molecule has 1 amide bonds. The summed E-state index contributed by atoms with van der Waals surface area (Å²) < 4.78 is 5.77. The molecular formula is C19H19NO4.